The van der Waals surface area contributed by atoms with E-state index in [0.717, 1.165) is 20.3 Å². The maximum atomic E-state index is 12.6. The Balaban J connectivity index is 1.84. The maximum Gasteiger partial charge on any atom is 0.323 e. The fourth-order valence-electron chi connectivity index (χ4n) is 2.62. The summed E-state index contributed by atoms with van der Waals surface area (Å²) in [6, 6.07) is 17.0. The van der Waals surface area contributed by atoms with Crippen LogP contribution in [0.25, 0.3) is 20.3 Å². The van der Waals surface area contributed by atoms with Crippen molar-refractivity contribution in [3.63, 3.8) is 0 Å². The number of carbonyl (C=O) groups excluding carboxylic acids is 1. The Bertz CT molecular complexity index is 1150. The molecule has 0 aliphatic carbocycles. The van der Waals surface area contributed by atoms with Gasteiger partial charge in [-0.15, -0.1) is 11.3 Å². The smallest absolute Gasteiger partial charge is 0.323 e. The van der Waals surface area contributed by atoms with Crippen molar-refractivity contribution in [2.45, 2.75) is 6.54 Å². The van der Waals surface area contributed by atoms with Crippen LogP contribution in [0.3, 0.4) is 0 Å². The van der Waals surface area contributed by atoms with Gasteiger partial charge in [0.05, 0.1) is 15.1 Å². The summed E-state index contributed by atoms with van der Waals surface area (Å²) in [7, 11) is 0. The number of aliphatic carboxylic acids is 1. The Morgan fingerprint density at radius 2 is 1.72 bits per heavy atom. The predicted molar refractivity (Wildman–Crippen MR) is 99.2 cm³/mol. The second-order valence-electron chi connectivity index (χ2n) is 5.40. The topological polar surface area (TPSA) is 71.7 Å². The molecule has 0 fully saturated rings. The lowest BCUT2D eigenvalue weighted by Crippen LogP contribution is -2.21. The van der Waals surface area contributed by atoms with Crippen LogP contribution < -0.4 is 4.80 Å². The van der Waals surface area contributed by atoms with Crippen LogP contribution in [0, 0.1) is 0 Å². The number of fused-ring (bicyclic) bond motifs is 2. The Labute approximate surface area is 150 Å². The van der Waals surface area contributed by atoms with Gasteiger partial charge in [0.2, 0.25) is 0 Å². The lowest BCUT2D eigenvalue weighted by molar-refractivity contribution is -0.137. The number of thiazole rings is 1. The second-order valence-corrected chi connectivity index (χ2v) is 7.49. The van der Waals surface area contributed by atoms with Gasteiger partial charge in [-0.1, -0.05) is 41.7 Å². The number of carbonyl (C=O) groups is 2. The molecule has 0 saturated heterocycles. The summed E-state index contributed by atoms with van der Waals surface area (Å²) in [5.41, 5.74) is 0.762. The van der Waals surface area contributed by atoms with Crippen LogP contribution in [-0.4, -0.2) is 21.6 Å². The number of amides is 1. The molecule has 4 aromatic rings. The zero-order valence-corrected chi connectivity index (χ0v) is 14.5. The van der Waals surface area contributed by atoms with Crippen LogP contribution >= 0.6 is 22.7 Å². The molecular formula is C18H12N2O3S2. The molecule has 25 heavy (non-hydrogen) atoms. The molecule has 5 nitrogen and oxygen atoms in total. The molecule has 0 unspecified atom stereocenters. The summed E-state index contributed by atoms with van der Waals surface area (Å²) in [6.07, 6.45) is 0. The fraction of sp³-hybridized carbons (Fsp3) is 0.0556. The molecule has 0 spiro atoms. The van der Waals surface area contributed by atoms with E-state index in [4.69, 9.17) is 0 Å². The number of carboxylic acids is 1. The van der Waals surface area contributed by atoms with Crippen LogP contribution in [0.1, 0.15) is 9.67 Å². The molecule has 0 atom stereocenters. The molecular weight excluding hydrogens is 356 g/mol. The van der Waals surface area contributed by atoms with E-state index in [1.165, 1.54) is 22.7 Å². The molecule has 2 aromatic carbocycles. The van der Waals surface area contributed by atoms with Crippen molar-refractivity contribution in [1.29, 1.82) is 0 Å². The molecule has 2 aromatic heterocycles. The van der Waals surface area contributed by atoms with E-state index < -0.39 is 5.97 Å². The number of hydrogen-bond acceptors (Lipinski definition) is 4. The molecule has 7 heteroatoms. The molecule has 0 bridgehead atoms. The van der Waals surface area contributed by atoms with Crippen molar-refractivity contribution >= 4 is 54.9 Å². The third-order valence-electron chi connectivity index (χ3n) is 3.72. The van der Waals surface area contributed by atoms with Gasteiger partial charge in [0.15, 0.2) is 4.80 Å². The van der Waals surface area contributed by atoms with Gasteiger partial charge in [0.1, 0.15) is 6.54 Å². The highest BCUT2D eigenvalue weighted by Crippen LogP contribution is 2.26. The minimum Gasteiger partial charge on any atom is -0.480 e. The lowest BCUT2D eigenvalue weighted by Gasteiger charge is -2.00. The normalized spacial score (nSPS) is 12.1. The van der Waals surface area contributed by atoms with Crippen molar-refractivity contribution in [3.05, 3.63) is 64.3 Å². The lowest BCUT2D eigenvalue weighted by atomic mass is 10.2. The first kappa shape index (κ1) is 15.7. The standard InChI is InChI=1S/C18H12N2O3S2/c21-16(22)10-20-12-6-2-4-8-14(12)25-18(20)19-17(23)15-9-11-5-1-3-7-13(11)24-15/h1-9H,10H2,(H,21,22). The Kier molecular flexibility index (Phi) is 3.95. The van der Waals surface area contributed by atoms with Crippen molar-refractivity contribution in [2.24, 2.45) is 4.99 Å². The van der Waals surface area contributed by atoms with E-state index in [2.05, 4.69) is 4.99 Å². The van der Waals surface area contributed by atoms with Crippen molar-refractivity contribution in [3.8, 4) is 0 Å². The fourth-order valence-corrected chi connectivity index (χ4v) is 4.60. The van der Waals surface area contributed by atoms with Gasteiger partial charge >= 0.3 is 5.97 Å². The van der Waals surface area contributed by atoms with Crippen molar-refractivity contribution in [2.75, 3.05) is 0 Å². The van der Waals surface area contributed by atoms with Gasteiger partial charge in [-0.3, -0.25) is 9.59 Å². The van der Waals surface area contributed by atoms with Gasteiger partial charge in [-0.2, -0.15) is 4.99 Å². The SMILES string of the molecule is O=C(O)Cn1c(=NC(=O)c2cc3ccccc3s2)sc2ccccc21. The summed E-state index contributed by atoms with van der Waals surface area (Å²) in [4.78, 5) is 28.9. The van der Waals surface area contributed by atoms with Gasteiger partial charge in [0.25, 0.3) is 5.91 Å². The Hall–Kier alpha value is -2.77. The largest absolute Gasteiger partial charge is 0.480 e. The molecule has 4 rings (SSSR count). The Morgan fingerprint density at radius 1 is 1.00 bits per heavy atom. The van der Waals surface area contributed by atoms with Crippen LogP contribution in [0.15, 0.2) is 59.6 Å². The molecule has 0 saturated carbocycles. The van der Waals surface area contributed by atoms with E-state index in [-0.39, 0.29) is 12.5 Å². The summed E-state index contributed by atoms with van der Waals surface area (Å²) < 4.78 is 3.48. The molecule has 0 radical (unpaired) electrons. The average molecular weight is 368 g/mol. The highest BCUT2D eigenvalue weighted by molar-refractivity contribution is 7.20. The summed E-state index contributed by atoms with van der Waals surface area (Å²) in [5.74, 6) is -1.33. The van der Waals surface area contributed by atoms with Crippen molar-refractivity contribution < 1.29 is 14.7 Å². The summed E-state index contributed by atoms with van der Waals surface area (Å²) >= 11 is 2.70. The summed E-state index contributed by atoms with van der Waals surface area (Å²) in [5, 5.41) is 10.2. The number of aromatic nitrogens is 1. The van der Waals surface area contributed by atoms with Crippen LogP contribution in [0.4, 0.5) is 0 Å². The molecule has 1 amide bonds. The van der Waals surface area contributed by atoms with Gasteiger partial charge < -0.3 is 9.67 Å². The first-order valence-corrected chi connectivity index (χ1v) is 9.13. The third kappa shape index (κ3) is 2.99. The second kappa shape index (κ2) is 6.27. The highest BCUT2D eigenvalue weighted by atomic mass is 32.1. The van der Waals surface area contributed by atoms with E-state index in [0.29, 0.717) is 9.68 Å². The van der Waals surface area contributed by atoms with E-state index in [9.17, 15) is 14.7 Å². The molecule has 0 aliphatic rings. The quantitative estimate of drug-likeness (QED) is 0.599. The number of benzene rings is 2. The number of rotatable bonds is 3. The number of carboxylic acid groups (broad SMARTS) is 1. The third-order valence-corrected chi connectivity index (χ3v) is 5.88. The molecule has 1 N–H and O–H groups in total. The van der Waals surface area contributed by atoms with Crippen LogP contribution in [-0.2, 0) is 11.3 Å². The maximum absolute atomic E-state index is 12.6. The summed E-state index contributed by atoms with van der Waals surface area (Å²) in [6.45, 7) is -0.234. The Morgan fingerprint density at radius 3 is 2.48 bits per heavy atom. The number of para-hydroxylation sites is 1. The van der Waals surface area contributed by atoms with E-state index in [1.807, 2.05) is 54.6 Å². The minimum atomic E-state index is -0.973. The molecule has 124 valence electrons. The molecule has 2 heterocycles. The van der Waals surface area contributed by atoms with Crippen molar-refractivity contribution in [1.82, 2.24) is 4.57 Å². The molecule has 0 aliphatic heterocycles. The van der Waals surface area contributed by atoms with Crippen LogP contribution in [0.2, 0.25) is 0 Å². The number of thiophene rings is 1. The zero-order valence-electron chi connectivity index (χ0n) is 12.9. The highest BCUT2D eigenvalue weighted by Gasteiger charge is 2.13. The van der Waals surface area contributed by atoms with Crippen LogP contribution in [0.5, 0.6) is 0 Å². The minimum absolute atomic E-state index is 0.234. The first-order valence-electron chi connectivity index (χ1n) is 7.49. The average Bonchev–Trinajstić information content (AvgIpc) is 3.17. The zero-order chi connectivity index (χ0) is 17.4. The van der Waals surface area contributed by atoms with E-state index in [1.54, 1.807) is 4.57 Å². The number of hydrogen-bond donors (Lipinski definition) is 1. The van der Waals surface area contributed by atoms with Gasteiger partial charge in [-0.25, -0.2) is 0 Å². The van der Waals surface area contributed by atoms with E-state index >= 15 is 0 Å². The predicted octanol–water partition coefficient (Wildman–Crippen LogP) is 3.74. The number of nitrogens with zero attached hydrogens (tertiary/aromatic N) is 2. The monoisotopic (exact) mass is 368 g/mol. The van der Waals surface area contributed by atoms with Gasteiger partial charge in [0, 0.05) is 4.70 Å². The van der Waals surface area contributed by atoms with Gasteiger partial charge in [-0.05, 0) is 29.7 Å². The first-order chi connectivity index (χ1) is 12.1.